The first-order chi connectivity index (χ1) is 10.1. The first-order valence-corrected chi connectivity index (χ1v) is 7.58. The Bertz CT molecular complexity index is 555. The molecule has 1 atom stereocenters. The second kappa shape index (κ2) is 7.74. The highest BCUT2D eigenvalue weighted by atomic mass is 32.1. The standard InChI is InChI=1S/C17H21N3S/c1-13(2)11-16(14-7-4-3-5-8-14)20-17(21)19-15-9-6-10-18-12-15/h3-10,12-13,16H,11H2,1-2H3,(H2,19,20,21)/t16-/m0/s1. The molecule has 2 N–H and O–H groups in total. The quantitative estimate of drug-likeness (QED) is 0.813. The van der Waals surface area contributed by atoms with Crippen LogP contribution < -0.4 is 10.6 Å². The van der Waals surface area contributed by atoms with Gasteiger partial charge in [-0.15, -0.1) is 0 Å². The molecule has 0 aliphatic carbocycles. The molecule has 2 rings (SSSR count). The number of anilines is 1. The fraction of sp³-hybridized carbons (Fsp3) is 0.294. The van der Waals surface area contributed by atoms with Crippen LogP contribution >= 0.6 is 12.2 Å². The van der Waals surface area contributed by atoms with Crippen molar-refractivity contribution in [1.82, 2.24) is 10.3 Å². The molecule has 0 aliphatic rings. The number of benzene rings is 1. The van der Waals surface area contributed by atoms with Gasteiger partial charge in [0.25, 0.3) is 0 Å². The molecule has 0 fully saturated rings. The predicted octanol–water partition coefficient (Wildman–Crippen LogP) is 4.16. The fourth-order valence-corrected chi connectivity index (χ4v) is 2.46. The van der Waals surface area contributed by atoms with Gasteiger partial charge in [0.05, 0.1) is 17.9 Å². The summed E-state index contributed by atoms with van der Waals surface area (Å²) in [4.78, 5) is 4.07. The minimum atomic E-state index is 0.211. The van der Waals surface area contributed by atoms with E-state index >= 15 is 0 Å². The third-order valence-electron chi connectivity index (χ3n) is 3.13. The lowest BCUT2D eigenvalue weighted by atomic mass is 9.97. The van der Waals surface area contributed by atoms with Gasteiger partial charge < -0.3 is 10.6 Å². The van der Waals surface area contributed by atoms with Gasteiger partial charge >= 0.3 is 0 Å². The Morgan fingerprint density at radius 3 is 2.52 bits per heavy atom. The van der Waals surface area contributed by atoms with Gasteiger partial charge in [-0.25, -0.2) is 0 Å². The second-order valence-corrected chi connectivity index (χ2v) is 5.84. The van der Waals surface area contributed by atoms with Crippen LogP contribution in [0.3, 0.4) is 0 Å². The highest BCUT2D eigenvalue weighted by Gasteiger charge is 2.14. The number of thiocarbonyl (C=S) groups is 1. The van der Waals surface area contributed by atoms with Gasteiger partial charge in [-0.3, -0.25) is 4.98 Å². The van der Waals surface area contributed by atoms with E-state index in [9.17, 15) is 0 Å². The Morgan fingerprint density at radius 1 is 1.14 bits per heavy atom. The minimum Gasteiger partial charge on any atom is -0.356 e. The number of hydrogen-bond donors (Lipinski definition) is 2. The highest BCUT2D eigenvalue weighted by molar-refractivity contribution is 7.80. The highest BCUT2D eigenvalue weighted by Crippen LogP contribution is 2.21. The van der Waals surface area contributed by atoms with E-state index in [4.69, 9.17) is 12.2 Å². The van der Waals surface area contributed by atoms with Gasteiger partial charge in [-0.1, -0.05) is 44.2 Å². The fourth-order valence-electron chi connectivity index (χ4n) is 2.20. The van der Waals surface area contributed by atoms with Crippen LogP contribution in [0.5, 0.6) is 0 Å². The summed E-state index contributed by atoms with van der Waals surface area (Å²) < 4.78 is 0. The zero-order chi connectivity index (χ0) is 15.1. The molecule has 0 spiro atoms. The predicted molar refractivity (Wildman–Crippen MR) is 92.2 cm³/mol. The van der Waals surface area contributed by atoms with Crippen molar-refractivity contribution in [2.24, 2.45) is 5.92 Å². The molecule has 1 aromatic carbocycles. The van der Waals surface area contributed by atoms with Crippen molar-refractivity contribution in [3.63, 3.8) is 0 Å². The molecule has 0 saturated heterocycles. The summed E-state index contributed by atoms with van der Waals surface area (Å²) in [5.41, 5.74) is 2.15. The average molecular weight is 299 g/mol. The summed E-state index contributed by atoms with van der Waals surface area (Å²) in [5, 5.41) is 7.20. The van der Waals surface area contributed by atoms with E-state index in [0.29, 0.717) is 11.0 Å². The van der Waals surface area contributed by atoms with Crippen molar-refractivity contribution in [2.45, 2.75) is 26.3 Å². The molecule has 110 valence electrons. The van der Waals surface area contributed by atoms with E-state index in [1.165, 1.54) is 5.56 Å². The number of nitrogens with one attached hydrogen (secondary N) is 2. The molecule has 1 aromatic heterocycles. The Balaban J connectivity index is 2.03. The Labute approximate surface area is 131 Å². The Kier molecular flexibility index (Phi) is 5.69. The van der Waals surface area contributed by atoms with Crippen molar-refractivity contribution >= 4 is 23.0 Å². The number of aromatic nitrogens is 1. The summed E-state index contributed by atoms with van der Waals surface area (Å²) in [6.45, 7) is 4.43. The molecular weight excluding hydrogens is 278 g/mol. The topological polar surface area (TPSA) is 37.0 Å². The summed E-state index contributed by atoms with van der Waals surface area (Å²) in [7, 11) is 0. The van der Waals surface area contributed by atoms with Crippen molar-refractivity contribution in [1.29, 1.82) is 0 Å². The summed E-state index contributed by atoms with van der Waals surface area (Å²) >= 11 is 5.42. The molecule has 0 aliphatic heterocycles. The van der Waals surface area contributed by atoms with Crippen LogP contribution in [0.15, 0.2) is 54.9 Å². The Hall–Kier alpha value is -1.94. The van der Waals surface area contributed by atoms with Crippen LogP contribution in [-0.2, 0) is 0 Å². The average Bonchev–Trinajstić information content (AvgIpc) is 2.48. The zero-order valence-electron chi connectivity index (χ0n) is 12.4. The van der Waals surface area contributed by atoms with E-state index in [1.807, 2.05) is 18.2 Å². The molecule has 0 bridgehead atoms. The van der Waals surface area contributed by atoms with E-state index in [1.54, 1.807) is 12.4 Å². The third kappa shape index (κ3) is 5.16. The maximum atomic E-state index is 5.42. The van der Waals surface area contributed by atoms with Gasteiger partial charge in [0.15, 0.2) is 5.11 Å². The van der Waals surface area contributed by atoms with Crippen molar-refractivity contribution in [3.05, 3.63) is 60.4 Å². The van der Waals surface area contributed by atoms with Crippen molar-refractivity contribution < 1.29 is 0 Å². The summed E-state index contributed by atoms with van der Waals surface area (Å²) in [6.07, 6.45) is 4.53. The van der Waals surface area contributed by atoms with Gasteiger partial charge in [0.2, 0.25) is 0 Å². The molecule has 0 saturated carbocycles. The number of rotatable bonds is 5. The number of hydrogen-bond acceptors (Lipinski definition) is 2. The van der Waals surface area contributed by atoms with Gasteiger partial charge in [0, 0.05) is 6.20 Å². The van der Waals surface area contributed by atoms with Gasteiger partial charge in [0.1, 0.15) is 0 Å². The molecule has 3 nitrogen and oxygen atoms in total. The molecule has 21 heavy (non-hydrogen) atoms. The lowest BCUT2D eigenvalue weighted by Gasteiger charge is -2.23. The lowest BCUT2D eigenvalue weighted by molar-refractivity contribution is 0.481. The monoisotopic (exact) mass is 299 g/mol. The summed E-state index contributed by atoms with van der Waals surface area (Å²) in [5.74, 6) is 0.587. The smallest absolute Gasteiger partial charge is 0.171 e. The van der Waals surface area contributed by atoms with Gasteiger partial charge in [-0.2, -0.15) is 0 Å². The normalized spacial score (nSPS) is 12.0. The van der Waals surface area contributed by atoms with Crippen LogP contribution in [0, 0.1) is 5.92 Å². The molecule has 0 unspecified atom stereocenters. The van der Waals surface area contributed by atoms with E-state index in [2.05, 4.69) is 53.7 Å². The minimum absolute atomic E-state index is 0.211. The van der Waals surface area contributed by atoms with E-state index in [0.717, 1.165) is 12.1 Å². The van der Waals surface area contributed by atoms with Crippen LogP contribution in [0.25, 0.3) is 0 Å². The molecule has 2 aromatic rings. The first kappa shape index (κ1) is 15.4. The van der Waals surface area contributed by atoms with Crippen LogP contribution in [0.4, 0.5) is 5.69 Å². The molecule has 0 amide bonds. The molecule has 0 radical (unpaired) electrons. The van der Waals surface area contributed by atoms with Crippen molar-refractivity contribution in [3.8, 4) is 0 Å². The SMILES string of the molecule is CC(C)C[C@H](NC(=S)Nc1cccnc1)c1ccccc1. The summed E-state index contributed by atoms with van der Waals surface area (Å²) in [6, 6.07) is 14.4. The van der Waals surface area contributed by atoms with Crippen molar-refractivity contribution in [2.75, 3.05) is 5.32 Å². The van der Waals surface area contributed by atoms with Crippen LogP contribution in [0.1, 0.15) is 31.9 Å². The van der Waals surface area contributed by atoms with E-state index in [-0.39, 0.29) is 6.04 Å². The van der Waals surface area contributed by atoms with Gasteiger partial charge in [-0.05, 0) is 42.3 Å². The molecule has 1 heterocycles. The van der Waals surface area contributed by atoms with E-state index < -0.39 is 0 Å². The second-order valence-electron chi connectivity index (χ2n) is 5.43. The number of pyridine rings is 1. The Morgan fingerprint density at radius 2 is 1.90 bits per heavy atom. The third-order valence-corrected chi connectivity index (χ3v) is 3.35. The molecular formula is C17H21N3S. The lowest BCUT2D eigenvalue weighted by Crippen LogP contribution is -2.33. The maximum Gasteiger partial charge on any atom is 0.171 e. The van der Waals surface area contributed by atoms with Crippen LogP contribution in [0.2, 0.25) is 0 Å². The largest absolute Gasteiger partial charge is 0.356 e. The first-order valence-electron chi connectivity index (χ1n) is 7.17. The number of nitrogens with zero attached hydrogens (tertiary/aromatic N) is 1. The maximum absolute atomic E-state index is 5.42. The molecule has 4 heteroatoms. The van der Waals surface area contributed by atoms with Crippen LogP contribution in [-0.4, -0.2) is 10.1 Å². The zero-order valence-corrected chi connectivity index (χ0v) is 13.2.